The van der Waals surface area contributed by atoms with Crippen molar-refractivity contribution in [3.05, 3.63) is 60.7 Å². The first-order chi connectivity index (χ1) is 17.9. The van der Waals surface area contributed by atoms with E-state index in [1.54, 1.807) is 24.3 Å². The summed E-state index contributed by atoms with van der Waals surface area (Å²) >= 11 is 0.817. The number of hydrogen-bond acceptors (Lipinski definition) is 11. The fourth-order valence-corrected chi connectivity index (χ4v) is 3.63. The topological polar surface area (TPSA) is 136 Å². The lowest BCUT2D eigenvalue weighted by molar-refractivity contribution is -0.141. The van der Waals surface area contributed by atoms with E-state index in [1.165, 1.54) is 14.2 Å². The molecule has 2 N–H and O–H groups in total. The molecule has 0 aliphatic carbocycles. The molecule has 37 heavy (non-hydrogen) atoms. The van der Waals surface area contributed by atoms with Crippen LogP contribution in [-0.2, 0) is 28.7 Å². The molecule has 0 fully saturated rings. The average molecular weight is 527 g/mol. The largest absolute Gasteiger partial charge is 0.469 e. The molecule has 0 saturated heterocycles. The van der Waals surface area contributed by atoms with E-state index in [9.17, 15) is 19.2 Å². The Morgan fingerprint density at radius 2 is 1.03 bits per heavy atom. The number of nitrogens with one attached hydrogen (secondary N) is 2. The van der Waals surface area contributed by atoms with Crippen molar-refractivity contribution in [2.75, 3.05) is 25.1 Å². The standard InChI is InChI=1S/C26H30N4O6S/c1-35-23(33)17-9-15-21(31)25(29-27-19-11-5-3-6-12-19)37-26(22(32)16-10-18-24(34)36-2)30-28-20-13-7-4-8-14-20/h3-8,11-14,27-28H,9-10,15-18H2,1-2H3/b29-25+,30-26+. The van der Waals surface area contributed by atoms with Gasteiger partial charge in [0.25, 0.3) is 0 Å². The Hall–Kier alpha value is -3.99. The Labute approximate surface area is 219 Å². The highest BCUT2D eigenvalue weighted by Gasteiger charge is 2.22. The minimum absolute atomic E-state index is 0.00338. The molecule has 0 aliphatic rings. The summed E-state index contributed by atoms with van der Waals surface area (Å²) < 4.78 is 9.25. The number of para-hydroxylation sites is 2. The van der Waals surface area contributed by atoms with Gasteiger partial charge in [0.2, 0.25) is 0 Å². The summed E-state index contributed by atoms with van der Waals surface area (Å²) in [4.78, 5) is 48.9. The van der Waals surface area contributed by atoms with Crippen LogP contribution in [0.4, 0.5) is 11.4 Å². The smallest absolute Gasteiger partial charge is 0.305 e. The van der Waals surface area contributed by atoms with Crippen molar-refractivity contribution in [2.45, 2.75) is 38.5 Å². The molecular formula is C26H30N4O6S. The number of anilines is 2. The minimum Gasteiger partial charge on any atom is -0.469 e. The number of benzene rings is 2. The van der Waals surface area contributed by atoms with Crippen molar-refractivity contribution in [3.8, 4) is 0 Å². The molecular weight excluding hydrogens is 496 g/mol. The highest BCUT2D eigenvalue weighted by molar-refractivity contribution is 8.29. The fourth-order valence-electron chi connectivity index (χ4n) is 2.84. The molecule has 0 heterocycles. The van der Waals surface area contributed by atoms with Crippen molar-refractivity contribution in [3.63, 3.8) is 0 Å². The van der Waals surface area contributed by atoms with E-state index in [0.29, 0.717) is 11.4 Å². The Morgan fingerprint density at radius 1 is 0.649 bits per heavy atom. The lowest BCUT2D eigenvalue weighted by atomic mass is 10.2. The summed E-state index contributed by atoms with van der Waals surface area (Å²) in [7, 11) is 2.57. The second-order valence-electron chi connectivity index (χ2n) is 7.60. The molecule has 2 aromatic rings. The van der Waals surface area contributed by atoms with Crippen LogP contribution in [0.2, 0.25) is 0 Å². The molecule has 0 atom stereocenters. The summed E-state index contributed by atoms with van der Waals surface area (Å²) in [6, 6.07) is 18.0. The Kier molecular flexibility index (Phi) is 13.2. The molecule has 0 saturated carbocycles. The number of rotatable bonds is 14. The molecule has 0 radical (unpaired) electrons. The van der Waals surface area contributed by atoms with Gasteiger partial charge in [0, 0.05) is 25.7 Å². The Bertz CT molecular complexity index is 1020. The SMILES string of the molecule is COC(=O)CCCC(=O)/C(=N\Nc1ccccc1)S/C(=N/Nc1ccccc1)C(=O)CCCC(=O)OC. The Morgan fingerprint density at radius 3 is 1.38 bits per heavy atom. The van der Waals surface area contributed by atoms with Gasteiger partial charge in [-0.2, -0.15) is 10.2 Å². The second kappa shape index (κ2) is 16.6. The maximum absolute atomic E-state index is 13.0. The maximum Gasteiger partial charge on any atom is 0.305 e. The molecule has 11 heteroatoms. The summed E-state index contributed by atoms with van der Waals surface area (Å²) in [5.74, 6) is -1.58. The summed E-state index contributed by atoms with van der Waals surface area (Å²) in [5.41, 5.74) is 6.95. The van der Waals surface area contributed by atoms with E-state index in [-0.39, 0.29) is 60.2 Å². The molecule has 0 unspecified atom stereocenters. The van der Waals surface area contributed by atoms with Gasteiger partial charge in [-0.15, -0.1) is 0 Å². The van der Waals surface area contributed by atoms with E-state index in [2.05, 4.69) is 30.5 Å². The van der Waals surface area contributed by atoms with Gasteiger partial charge in [-0.05, 0) is 48.9 Å². The van der Waals surface area contributed by atoms with Crippen molar-refractivity contribution < 1.29 is 28.7 Å². The molecule has 0 bridgehead atoms. The van der Waals surface area contributed by atoms with Gasteiger partial charge in [-0.25, -0.2) is 0 Å². The van der Waals surface area contributed by atoms with Gasteiger partial charge >= 0.3 is 11.9 Å². The normalized spacial score (nSPS) is 11.4. The van der Waals surface area contributed by atoms with Gasteiger partial charge < -0.3 is 9.47 Å². The third-order valence-corrected chi connectivity index (χ3v) is 5.84. The molecule has 0 aromatic heterocycles. The van der Waals surface area contributed by atoms with Crippen LogP contribution in [-0.4, -0.2) is 47.8 Å². The highest BCUT2D eigenvalue weighted by Crippen LogP contribution is 2.17. The minimum atomic E-state index is -0.420. The number of ketones is 2. The van der Waals surface area contributed by atoms with E-state index in [1.807, 2.05) is 36.4 Å². The molecule has 2 aromatic carbocycles. The number of Topliss-reactive ketones (excluding diaryl/α,β-unsaturated/α-hetero) is 2. The van der Waals surface area contributed by atoms with Crippen LogP contribution >= 0.6 is 11.8 Å². The van der Waals surface area contributed by atoms with E-state index in [0.717, 1.165) is 11.8 Å². The number of hydrazone groups is 2. The maximum atomic E-state index is 13.0. The molecule has 2 rings (SSSR count). The number of methoxy groups -OCH3 is 2. The first kappa shape index (κ1) is 29.2. The number of esters is 2. The van der Waals surface area contributed by atoms with Crippen LogP contribution < -0.4 is 10.9 Å². The second-order valence-corrected chi connectivity index (χ2v) is 8.57. The van der Waals surface area contributed by atoms with E-state index >= 15 is 0 Å². The lowest BCUT2D eigenvalue weighted by Crippen LogP contribution is -2.20. The highest BCUT2D eigenvalue weighted by atomic mass is 32.2. The third-order valence-electron chi connectivity index (χ3n) is 4.82. The van der Waals surface area contributed by atoms with Gasteiger partial charge in [0.05, 0.1) is 25.6 Å². The lowest BCUT2D eigenvalue weighted by Gasteiger charge is -2.10. The summed E-state index contributed by atoms with van der Waals surface area (Å²) in [6.45, 7) is 0. The fraction of sp³-hybridized carbons (Fsp3) is 0.308. The van der Waals surface area contributed by atoms with Gasteiger partial charge in [-0.1, -0.05) is 36.4 Å². The molecule has 0 spiro atoms. The number of hydrogen-bond donors (Lipinski definition) is 2. The zero-order valence-corrected chi connectivity index (χ0v) is 21.6. The van der Waals surface area contributed by atoms with E-state index in [4.69, 9.17) is 0 Å². The zero-order chi connectivity index (χ0) is 26.9. The third kappa shape index (κ3) is 11.5. The van der Waals surface area contributed by atoms with Crippen molar-refractivity contribution >= 4 is 56.7 Å². The number of nitrogens with zero attached hydrogens (tertiary/aromatic N) is 2. The molecule has 196 valence electrons. The summed E-state index contributed by atoms with van der Waals surface area (Å²) in [5, 5.41) is 8.49. The predicted octanol–water partition coefficient (Wildman–Crippen LogP) is 4.40. The van der Waals surface area contributed by atoms with Crippen LogP contribution in [0.25, 0.3) is 0 Å². The van der Waals surface area contributed by atoms with Crippen molar-refractivity contribution in [1.82, 2.24) is 0 Å². The van der Waals surface area contributed by atoms with Crippen LogP contribution in [0.15, 0.2) is 70.9 Å². The molecule has 0 aliphatic heterocycles. The van der Waals surface area contributed by atoms with Crippen LogP contribution in [0.5, 0.6) is 0 Å². The first-order valence-electron chi connectivity index (χ1n) is 11.6. The first-order valence-corrected chi connectivity index (χ1v) is 12.4. The van der Waals surface area contributed by atoms with E-state index < -0.39 is 11.9 Å². The van der Waals surface area contributed by atoms with Gasteiger partial charge in [-0.3, -0.25) is 30.0 Å². The van der Waals surface area contributed by atoms with Crippen LogP contribution in [0.3, 0.4) is 0 Å². The van der Waals surface area contributed by atoms with Crippen LogP contribution in [0.1, 0.15) is 38.5 Å². The van der Waals surface area contributed by atoms with Gasteiger partial charge in [0.15, 0.2) is 21.7 Å². The number of carbonyl (C=O) groups is 4. The number of thioether (sulfide) groups is 1. The van der Waals surface area contributed by atoms with Crippen molar-refractivity contribution in [1.29, 1.82) is 0 Å². The Balaban J connectivity index is 2.25. The summed E-state index contributed by atoms with van der Waals surface area (Å²) in [6.07, 6.45) is 0.724. The van der Waals surface area contributed by atoms with Crippen molar-refractivity contribution in [2.24, 2.45) is 10.2 Å². The quantitative estimate of drug-likeness (QED) is 0.159. The zero-order valence-electron chi connectivity index (χ0n) is 20.8. The average Bonchev–Trinajstić information content (AvgIpc) is 2.93. The van der Waals surface area contributed by atoms with Crippen LogP contribution in [0, 0.1) is 0 Å². The predicted molar refractivity (Wildman–Crippen MR) is 144 cm³/mol. The monoisotopic (exact) mass is 526 g/mol. The number of ether oxygens (including phenoxy) is 2. The number of carbonyl (C=O) groups excluding carboxylic acids is 4. The van der Waals surface area contributed by atoms with Gasteiger partial charge in [0.1, 0.15) is 0 Å². The molecule has 0 amide bonds. The molecule has 10 nitrogen and oxygen atoms in total.